The highest BCUT2D eigenvalue weighted by atomic mass is 31.2. The van der Waals surface area contributed by atoms with Crippen molar-refractivity contribution in [3.63, 3.8) is 0 Å². The Morgan fingerprint density at radius 3 is 2.59 bits per heavy atom. The molecule has 0 amide bonds. The van der Waals surface area contributed by atoms with Gasteiger partial charge in [0.2, 0.25) is 5.95 Å². The van der Waals surface area contributed by atoms with E-state index in [0.717, 1.165) is 5.70 Å². The molecule has 8 nitrogen and oxygen atoms in total. The molecule has 2 heterocycles. The number of benzene rings is 1. The third-order valence-electron chi connectivity index (χ3n) is 5.28. The van der Waals surface area contributed by atoms with E-state index >= 15 is 0 Å². The number of ether oxygens (including phenoxy) is 1. The van der Waals surface area contributed by atoms with Crippen LogP contribution in [0.1, 0.15) is 26.7 Å². The minimum Gasteiger partial charge on any atom is -0.378 e. The van der Waals surface area contributed by atoms with Crippen molar-refractivity contribution in [2.24, 2.45) is 10.4 Å². The number of aromatic amines is 1. The van der Waals surface area contributed by atoms with Crippen LogP contribution in [0.4, 0.5) is 5.95 Å². The summed E-state index contributed by atoms with van der Waals surface area (Å²) >= 11 is 0. The Morgan fingerprint density at radius 1 is 1.21 bits per heavy atom. The Bertz CT molecular complexity index is 963. The van der Waals surface area contributed by atoms with Gasteiger partial charge in [-0.3, -0.25) is 4.57 Å². The largest absolute Gasteiger partial charge is 0.378 e. The fourth-order valence-corrected chi connectivity index (χ4v) is 5.86. The Balaban J connectivity index is 1.92. The van der Waals surface area contributed by atoms with Gasteiger partial charge in [-0.15, -0.1) is 0 Å². The van der Waals surface area contributed by atoms with Gasteiger partial charge in [0.15, 0.2) is 0 Å². The molecule has 0 bridgehead atoms. The summed E-state index contributed by atoms with van der Waals surface area (Å²) in [7, 11) is -3.87. The average Bonchev–Trinajstić information content (AvgIpc) is 3.21. The molecule has 1 aromatic carbocycles. The van der Waals surface area contributed by atoms with Crippen molar-refractivity contribution >= 4 is 24.3 Å². The third-order valence-corrected chi connectivity index (χ3v) is 7.40. The third kappa shape index (κ3) is 4.20. The van der Waals surface area contributed by atoms with Crippen LogP contribution < -0.4 is 5.30 Å². The molecule has 1 unspecified atom stereocenters. The summed E-state index contributed by atoms with van der Waals surface area (Å²) in [6, 6.07) is 8.82. The number of aliphatic imine (C=N–C) groups is 1. The summed E-state index contributed by atoms with van der Waals surface area (Å²) in [5, 5.41) is 7.44. The summed E-state index contributed by atoms with van der Waals surface area (Å²) in [4.78, 5) is 22.3. The van der Waals surface area contributed by atoms with Crippen LogP contribution in [0.3, 0.4) is 0 Å². The zero-order chi connectivity index (χ0) is 20.5. The maximum absolute atomic E-state index is 13.9. The predicted octanol–water partition coefficient (Wildman–Crippen LogP) is 2.84. The van der Waals surface area contributed by atoms with Gasteiger partial charge < -0.3 is 14.5 Å². The molecule has 1 aliphatic heterocycles. The second-order valence-electron chi connectivity index (χ2n) is 8.19. The van der Waals surface area contributed by atoms with Crippen LogP contribution in [0.2, 0.25) is 0 Å². The molecule has 29 heavy (non-hydrogen) atoms. The number of H-pyrrole nitrogens is 1. The fraction of sp³-hybridized carbons (Fsp3) is 0.450. The molecule has 2 aromatic rings. The maximum Gasteiger partial charge on any atom is 0.262 e. The Labute approximate surface area is 170 Å². The van der Waals surface area contributed by atoms with Gasteiger partial charge in [0.05, 0.1) is 24.2 Å². The van der Waals surface area contributed by atoms with Crippen molar-refractivity contribution in [2.45, 2.75) is 26.7 Å². The monoisotopic (exact) mass is 415 g/mol. The van der Waals surface area contributed by atoms with Crippen LogP contribution in [0.25, 0.3) is 0 Å². The Hall–Kier alpha value is -2.28. The van der Waals surface area contributed by atoms with Crippen LogP contribution in [0.15, 0.2) is 52.7 Å². The smallest absolute Gasteiger partial charge is 0.262 e. The lowest BCUT2D eigenvalue weighted by molar-refractivity contribution is 0.0488. The SMILES string of the molecule is CC1(C)CC(=Nc2ncn[nH]2)C(P(=O)(O)c2ccccc2)=C(N2CCOCC2)C1. The van der Waals surface area contributed by atoms with Gasteiger partial charge in [0.1, 0.15) is 6.33 Å². The highest BCUT2D eigenvalue weighted by Gasteiger charge is 2.42. The Morgan fingerprint density at radius 2 is 1.93 bits per heavy atom. The molecule has 1 atom stereocenters. The van der Waals surface area contributed by atoms with Crippen LogP contribution >= 0.6 is 7.37 Å². The number of aromatic nitrogens is 3. The first-order valence-electron chi connectivity index (χ1n) is 9.75. The van der Waals surface area contributed by atoms with Gasteiger partial charge in [-0.1, -0.05) is 32.0 Å². The average molecular weight is 415 g/mol. The van der Waals surface area contributed by atoms with E-state index in [4.69, 9.17) is 4.74 Å². The molecule has 1 saturated heterocycles. The molecule has 1 aliphatic carbocycles. The van der Waals surface area contributed by atoms with Crippen LogP contribution in [-0.4, -0.2) is 57.0 Å². The van der Waals surface area contributed by atoms with E-state index in [2.05, 4.69) is 38.9 Å². The molecule has 1 fully saturated rings. The maximum atomic E-state index is 13.9. The second kappa shape index (κ2) is 7.86. The van der Waals surface area contributed by atoms with Crippen molar-refractivity contribution < 1.29 is 14.2 Å². The zero-order valence-corrected chi connectivity index (χ0v) is 17.6. The van der Waals surface area contributed by atoms with Gasteiger partial charge in [0, 0.05) is 24.1 Å². The normalized spacial score (nSPS) is 23.3. The number of allylic oxidation sites excluding steroid dienone is 2. The van der Waals surface area contributed by atoms with Crippen molar-refractivity contribution in [3.05, 3.63) is 47.7 Å². The molecular weight excluding hydrogens is 389 g/mol. The van der Waals surface area contributed by atoms with E-state index in [1.807, 2.05) is 6.07 Å². The number of rotatable bonds is 4. The minimum atomic E-state index is -3.87. The van der Waals surface area contributed by atoms with E-state index in [1.54, 1.807) is 24.3 Å². The standard InChI is InChI=1S/C20H26N5O3P/c1-20(2)12-16(23-19-21-14-22-24-19)18(17(13-20)25-8-10-28-11-9-25)29(26,27)15-6-4-3-5-7-15/h3-7,14H,8-13H2,1-2H3,(H,26,27)(H,21,22,24). The molecule has 0 saturated carbocycles. The number of hydrogen-bond donors (Lipinski definition) is 2. The number of nitrogens with zero attached hydrogens (tertiary/aromatic N) is 4. The second-order valence-corrected chi connectivity index (χ2v) is 10.3. The molecule has 0 radical (unpaired) electrons. The first-order valence-corrected chi connectivity index (χ1v) is 11.4. The topological polar surface area (TPSA) is 104 Å². The molecular formula is C20H26N5O3P. The molecule has 154 valence electrons. The van der Waals surface area contributed by atoms with Crippen molar-refractivity contribution in [2.75, 3.05) is 26.3 Å². The quantitative estimate of drug-likeness (QED) is 0.745. The van der Waals surface area contributed by atoms with Crippen molar-refractivity contribution in [1.29, 1.82) is 0 Å². The number of hydrogen-bond acceptors (Lipinski definition) is 6. The van der Waals surface area contributed by atoms with Gasteiger partial charge in [-0.25, -0.2) is 10.1 Å². The van der Waals surface area contributed by atoms with Gasteiger partial charge in [0.25, 0.3) is 7.37 Å². The number of nitrogens with one attached hydrogen (secondary N) is 1. The Kier molecular flexibility index (Phi) is 5.42. The summed E-state index contributed by atoms with van der Waals surface area (Å²) in [5.74, 6) is 0.338. The van der Waals surface area contributed by atoms with E-state index in [-0.39, 0.29) is 5.41 Å². The summed E-state index contributed by atoms with van der Waals surface area (Å²) in [6.07, 6.45) is 2.67. The molecule has 0 spiro atoms. The highest BCUT2D eigenvalue weighted by molar-refractivity contribution is 7.71. The van der Waals surface area contributed by atoms with Crippen LogP contribution in [0.5, 0.6) is 0 Å². The predicted molar refractivity (Wildman–Crippen MR) is 112 cm³/mol. The number of morpholine rings is 1. The van der Waals surface area contributed by atoms with Gasteiger partial charge >= 0.3 is 0 Å². The minimum absolute atomic E-state index is 0.104. The summed E-state index contributed by atoms with van der Waals surface area (Å²) in [6.45, 7) is 6.91. The van der Waals surface area contributed by atoms with Crippen LogP contribution in [0, 0.1) is 5.41 Å². The van der Waals surface area contributed by atoms with Crippen molar-refractivity contribution in [1.82, 2.24) is 20.1 Å². The first-order chi connectivity index (χ1) is 13.9. The fourth-order valence-electron chi connectivity index (χ4n) is 3.98. The van der Waals surface area contributed by atoms with E-state index in [0.29, 0.717) is 61.4 Å². The molecule has 4 rings (SSSR count). The van der Waals surface area contributed by atoms with E-state index in [9.17, 15) is 9.46 Å². The van der Waals surface area contributed by atoms with Crippen LogP contribution in [-0.2, 0) is 9.30 Å². The van der Waals surface area contributed by atoms with E-state index < -0.39 is 7.37 Å². The summed E-state index contributed by atoms with van der Waals surface area (Å²) in [5.41, 5.74) is 1.37. The highest BCUT2D eigenvalue weighted by Crippen LogP contribution is 2.56. The van der Waals surface area contributed by atoms with Gasteiger partial charge in [-0.2, -0.15) is 10.1 Å². The summed E-state index contributed by atoms with van der Waals surface area (Å²) < 4.78 is 19.4. The molecule has 9 heteroatoms. The van der Waals surface area contributed by atoms with Gasteiger partial charge in [-0.05, 0) is 30.4 Å². The zero-order valence-electron chi connectivity index (χ0n) is 16.7. The lowest BCUT2D eigenvalue weighted by Gasteiger charge is -2.41. The molecule has 1 aromatic heterocycles. The molecule has 2 N–H and O–H groups in total. The lowest BCUT2D eigenvalue weighted by atomic mass is 9.78. The van der Waals surface area contributed by atoms with Crippen molar-refractivity contribution in [3.8, 4) is 0 Å². The molecule has 2 aliphatic rings. The first kappa shape index (κ1) is 20.0. The van der Waals surface area contributed by atoms with E-state index in [1.165, 1.54) is 6.33 Å². The lowest BCUT2D eigenvalue weighted by Crippen LogP contribution is -2.41.